The number of ether oxygens (including phenoxy) is 1. The quantitative estimate of drug-likeness (QED) is 0.586. The van der Waals surface area contributed by atoms with Crippen molar-refractivity contribution in [2.45, 2.75) is 33.2 Å². The van der Waals surface area contributed by atoms with Gasteiger partial charge in [0.25, 0.3) is 5.91 Å². The third kappa shape index (κ3) is 4.09. The zero-order valence-electron chi connectivity index (χ0n) is 19.8. The van der Waals surface area contributed by atoms with Crippen molar-refractivity contribution >= 4 is 16.9 Å². The second-order valence-electron chi connectivity index (χ2n) is 8.82. The molecule has 0 aliphatic carbocycles. The van der Waals surface area contributed by atoms with E-state index in [2.05, 4.69) is 4.90 Å². The van der Waals surface area contributed by atoms with Crippen molar-refractivity contribution in [2.24, 2.45) is 0 Å². The van der Waals surface area contributed by atoms with Crippen LogP contribution in [-0.2, 0) is 0 Å². The largest absolute Gasteiger partial charge is 0.504 e. The van der Waals surface area contributed by atoms with Crippen LogP contribution in [0.2, 0.25) is 0 Å². The Morgan fingerprint density at radius 1 is 1.12 bits per heavy atom. The summed E-state index contributed by atoms with van der Waals surface area (Å²) in [5.74, 6) is 0.135. The van der Waals surface area contributed by atoms with E-state index in [1.807, 2.05) is 47.0 Å². The van der Waals surface area contributed by atoms with Gasteiger partial charge < -0.3 is 24.1 Å². The number of phenolic OH excluding ortho intramolecular Hbond substituents is 1. The third-order valence-electron chi connectivity index (χ3n) is 6.19. The molecule has 4 rings (SSSR count). The molecule has 0 radical (unpaired) electrons. The van der Waals surface area contributed by atoms with Crippen molar-refractivity contribution in [2.75, 3.05) is 33.8 Å². The lowest BCUT2D eigenvalue weighted by atomic mass is 9.97. The summed E-state index contributed by atoms with van der Waals surface area (Å²) in [6, 6.07) is 8.00. The summed E-state index contributed by atoms with van der Waals surface area (Å²) in [6.07, 6.45) is 0.742. The lowest BCUT2D eigenvalue weighted by Crippen LogP contribution is -2.32. The summed E-state index contributed by atoms with van der Waals surface area (Å²) in [5, 5.41) is 10.7. The van der Waals surface area contributed by atoms with Crippen molar-refractivity contribution in [3.8, 4) is 11.5 Å². The first kappa shape index (κ1) is 22.9. The number of rotatable bonds is 7. The van der Waals surface area contributed by atoms with Crippen LogP contribution in [-0.4, -0.2) is 54.6 Å². The van der Waals surface area contributed by atoms with Crippen LogP contribution in [0.5, 0.6) is 11.5 Å². The molecule has 1 unspecified atom stereocenters. The number of fused-ring (bicyclic) bond motifs is 2. The highest BCUT2D eigenvalue weighted by Crippen LogP contribution is 2.41. The van der Waals surface area contributed by atoms with Crippen molar-refractivity contribution < 1.29 is 19.1 Å². The standard InChI is InChI=1S/C26H30N2O5/c1-6-32-21-14-17(8-9-19(21)29)23-22-24(30)18-12-15(2)16(3)13-20(18)33-25(22)26(31)28(23)11-7-10-27(4)5/h8-9,12-14,23,29H,6-7,10-11H2,1-5H3. The first-order chi connectivity index (χ1) is 15.7. The Bertz CT molecular complexity index is 1280. The van der Waals surface area contributed by atoms with E-state index in [4.69, 9.17) is 9.15 Å². The normalized spacial score (nSPS) is 15.5. The molecule has 0 spiro atoms. The van der Waals surface area contributed by atoms with Gasteiger partial charge in [0, 0.05) is 6.54 Å². The molecule has 1 amide bonds. The second-order valence-corrected chi connectivity index (χ2v) is 8.82. The summed E-state index contributed by atoms with van der Waals surface area (Å²) in [5.41, 5.74) is 3.24. The fourth-order valence-electron chi connectivity index (χ4n) is 4.38. The molecule has 0 bridgehead atoms. The topological polar surface area (TPSA) is 83.2 Å². The lowest BCUT2D eigenvalue weighted by molar-refractivity contribution is 0.0722. The molecule has 1 atom stereocenters. The summed E-state index contributed by atoms with van der Waals surface area (Å²) >= 11 is 0. The van der Waals surface area contributed by atoms with Crippen molar-refractivity contribution in [3.05, 3.63) is 68.6 Å². The van der Waals surface area contributed by atoms with Gasteiger partial charge in [-0.3, -0.25) is 9.59 Å². The van der Waals surface area contributed by atoms with Gasteiger partial charge in [0.05, 0.1) is 23.6 Å². The Hall–Kier alpha value is -3.32. The van der Waals surface area contributed by atoms with E-state index >= 15 is 0 Å². The molecule has 1 N–H and O–H groups in total. The molecule has 33 heavy (non-hydrogen) atoms. The summed E-state index contributed by atoms with van der Waals surface area (Å²) in [6.45, 7) is 7.38. The third-order valence-corrected chi connectivity index (χ3v) is 6.19. The average molecular weight is 451 g/mol. The fourth-order valence-corrected chi connectivity index (χ4v) is 4.38. The zero-order valence-corrected chi connectivity index (χ0v) is 19.8. The van der Waals surface area contributed by atoms with Gasteiger partial charge in [-0.05, 0) is 88.8 Å². The summed E-state index contributed by atoms with van der Waals surface area (Å²) in [7, 11) is 3.96. The number of aryl methyl sites for hydroxylation is 2. The Morgan fingerprint density at radius 2 is 1.85 bits per heavy atom. The Morgan fingerprint density at radius 3 is 2.55 bits per heavy atom. The van der Waals surface area contributed by atoms with E-state index in [1.54, 1.807) is 17.0 Å². The number of hydrogen-bond acceptors (Lipinski definition) is 6. The molecule has 0 saturated carbocycles. The van der Waals surface area contributed by atoms with Crippen LogP contribution in [0, 0.1) is 13.8 Å². The van der Waals surface area contributed by atoms with Gasteiger partial charge in [-0.15, -0.1) is 0 Å². The monoisotopic (exact) mass is 450 g/mol. The highest BCUT2D eigenvalue weighted by molar-refractivity contribution is 5.99. The van der Waals surface area contributed by atoms with Gasteiger partial charge in [-0.2, -0.15) is 0 Å². The molecule has 1 aliphatic heterocycles. The average Bonchev–Trinajstić information content (AvgIpc) is 3.03. The number of hydrogen-bond donors (Lipinski definition) is 1. The molecular formula is C26H30N2O5. The highest BCUT2D eigenvalue weighted by atomic mass is 16.5. The SMILES string of the molecule is CCOc1cc(C2c3c(oc4cc(C)c(C)cc4c3=O)C(=O)N2CCCN(C)C)ccc1O. The Kier molecular flexibility index (Phi) is 6.17. The maximum Gasteiger partial charge on any atom is 0.290 e. The molecule has 174 valence electrons. The maximum absolute atomic E-state index is 13.7. The summed E-state index contributed by atoms with van der Waals surface area (Å²) < 4.78 is 11.6. The molecule has 7 heteroatoms. The van der Waals surface area contributed by atoms with Crippen LogP contribution in [0.4, 0.5) is 0 Å². The summed E-state index contributed by atoms with van der Waals surface area (Å²) in [4.78, 5) is 30.9. The molecule has 2 aromatic carbocycles. The van der Waals surface area contributed by atoms with Gasteiger partial charge in [0.1, 0.15) is 5.58 Å². The molecule has 7 nitrogen and oxygen atoms in total. The number of amides is 1. The van der Waals surface area contributed by atoms with Crippen molar-refractivity contribution in [1.82, 2.24) is 9.80 Å². The first-order valence-corrected chi connectivity index (χ1v) is 11.2. The Balaban J connectivity index is 1.91. The van der Waals surface area contributed by atoms with Gasteiger partial charge in [0.15, 0.2) is 16.9 Å². The predicted octanol–water partition coefficient (Wildman–Crippen LogP) is 4.01. The number of carbonyl (C=O) groups excluding carboxylic acids is 1. The molecule has 0 saturated heterocycles. The number of nitrogens with zero attached hydrogens (tertiary/aromatic N) is 2. The van der Waals surface area contributed by atoms with Crippen LogP contribution >= 0.6 is 0 Å². The molecule has 2 heterocycles. The van der Waals surface area contributed by atoms with E-state index < -0.39 is 6.04 Å². The number of aromatic hydroxyl groups is 1. The highest BCUT2D eigenvalue weighted by Gasteiger charge is 2.42. The van der Waals surface area contributed by atoms with Gasteiger partial charge in [-0.1, -0.05) is 6.07 Å². The predicted molar refractivity (Wildman–Crippen MR) is 127 cm³/mol. The molecule has 1 aliphatic rings. The first-order valence-electron chi connectivity index (χ1n) is 11.2. The zero-order chi connectivity index (χ0) is 23.9. The van der Waals surface area contributed by atoms with Gasteiger partial charge in [0.2, 0.25) is 5.76 Å². The number of phenols is 1. The van der Waals surface area contributed by atoms with Crippen molar-refractivity contribution in [3.63, 3.8) is 0 Å². The second kappa shape index (κ2) is 8.90. The van der Waals surface area contributed by atoms with Crippen LogP contribution in [0.25, 0.3) is 11.0 Å². The molecule has 1 aromatic heterocycles. The van der Waals surface area contributed by atoms with E-state index in [9.17, 15) is 14.7 Å². The van der Waals surface area contributed by atoms with Crippen LogP contribution in [0.3, 0.4) is 0 Å². The molecule has 0 fully saturated rings. The lowest BCUT2D eigenvalue weighted by Gasteiger charge is -2.26. The Labute approximate surface area is 193 Å². The minimum Gasteiger partial charge on any atom is -0.504 e. The van der Waals surface area contributed by atoms with E-state index in [0.717, 1.165) is 24.1 Å². The van der Waals surface area contributed by atoms with E-state index in [0.29, 0.717) is 41.0 Å². The minimum atomic E-state index is -0.614. The van der Waals surface area contributed by atoms with Crippen LogP contribution < -0.4 is 10.2 Å². The minimum absolute atomic E-state index is 0.0148. The van der Waals surface area contributed by atoms with Crippen LogP contribution in [0.15, 0.2) is 39.5 Å². The van der Waals surface area contributed by atoms with Gasteiger partial charge >= 0.3 is 0 Å². The van der Waals surface area contributed by atoms with E-state index in [-0.39, 0.29) is 22.8 Å². The van der Waals surface area contributed by atoms with Gasteiger partial charge in [-0.25, -0.2) is 0 Å². The van der Waals surface area contributed by atoms with E-state index in [1.165, 1.54) is 6.07 Å². The van der Waals surface area contributed by atoms with Crippen LogP contribution in [0.1, 0.15) is 52.2 Å². The molecule has 3 aromatic rings. The molecular weight excluding hydrogens is 420 g/mol. The number of carbonyl (C=O) groups is 1. The maximum atomic E-state index is 13.7. The fraction of sp³-hybridized carbons (Fsp3) is 0.385. The smallest absolute Gasteiger partial charge is 0.290 e. The van der Waals surface area contributed by atoms with Crippen molar-refractivity contribution in [1.29, 1.82) is 0 Å². The number of benzene rings is 2.